The van der Waals surface area contributed by atoms with Crippen LogP contribution in [0.4, 0.5) is 5.69 Å². The van der Waals surface area contributed by atoms with E-state index in [1.807, 2.05) is 25.2 Å². The summed E-state index contributed by atoms with van der Waals surface area (Å²) in [6, 6.07) is 7.45. The predicted molar refractivity (Wildman–Crippen MR) is 68.3 cm³/mol. The molecule has 1 aromatic rings. The van der Waals surface area contributed by atoms with Crippen LogP contribution < -0.4 is 5.32 Å². The van der Waals surface area contributed by atoms with Crippen LogP contribution in [0.1, 0.15) is 42.5 Å². The van der Waals surface area contributed by atoms with Gasteiger partial charge >= 0.3 is 5.97 Å². The summed E-state index contributed by atoms with van der Waals surface area (Å²) >= 11 is 0. The summed E-state index contributed by atoms with van der Waals surface area (Å²) in [5.74, 6) is -0.207. The second-order valence-corrected chi connectivity index (χ2v) is 4.46. The lowest BCUT2D eigenvalue weighted by molar-refractivity contribution is 0.0212. The molecule has 0 heterocycles. The predicted octanol–water partition coefficient (Wildman–Crippen LogP) is 3.22. The van der Waals surface area contributed by atoms with Gasteiger partial charge in [0.15, 0.2) is 0 Å². The minimum atomic E-state index is -0.207. The molecule has 0 amide bonds. The van der Waals surface area contributed by atoms with Gasteiger partial charge in [-0.25, -0.2) is 4.79 Å². The first-order chi connectivity index (χ1) is 8.31. The Hall–Kier alpha value is -1.51. The van der Waals surface area contributed by atoms with Crippen molar-refractivity contribution in [2.24, 2.45) is 0 Å². The van der Waals surface area contributed by atoms with Crippen molar-refractivity contribution in [2.45, 2.75) is 38.2 Å². The van der Waals surface area contributed by atoms with E-state index < -0.39 is 0 Å². The van der Waals surface area contributed by atoms with E-state index in [2.05, 4.69) is 5.32 Å². The number of para-hydroxylation sites is 1. The third-order valence-corrected chi connectivity index (χ3v) is 3.24. The normalized spacial score (nSPS) is 16.5. The molecule has 1 aliphatic carbocycles. The average molecular weight is 233 g/mol. The number of esters is 1. The summed E-state index contributed by atoms with van der Waals surface area (Å²) in [4.78, 5) is 12.0. The van der Waals surface area contributed by atoms with E-state index in [1.165, 1.54) is 19.3 Å². The summed E-state index contributed by atoms with van der Waals surface area (Å²) in [5, 5.41) is 3.01. The van der Waals surface area contributed by atoms with Crippen LogP contribution in [0.5, 0.6) is 0 Å². The van der Waals surface area contributed by atoms with Crippen molar-refractivity contribution in [1.82, 2.24) is 0 Å². The Morgan fingerprint density at radius 3 is 2.65 bits per heavy atom. The van der Waals surface area contributed by atoms with E-state index in [1.54, 1.807) is 6.07 Å². The second kappa shape index (κ2) is 5.71. The maximum atomic E-state index is 12.0. The van der Waals surface area contributed by atoms with E-state index in [4.69, 9.17) is 4.74 Å². The van der Waals surface area contributed by atoms with Gasteiger partial charge in [-0.3, -0.25) is 0 Å². The van der Waals surface area contributed by atoms with Crippen molar-refractivity contribution in [3.8, 4) is 0 Å². The number of rotatable bonds is 3. The fourth-order valence-electron chi connectivity index (χ4n) is 2.28. The van der Waals surface area contributed by atoms with Crippen LogP contribution in [0.2, 0.25) is 0 Å². The highest BCUT2D eigenvalue weighted by molar-refractivity contribution is 5.95. The zero-order valence-electron chi connectivity index (χ0n) is 10.2. The maximum Gasteiger partial charge on any atom is 0.340 e. The standard InChI is InChI=1S/C14H19NO2/c1-15-13-10-6-5-9-12(13)14(16)17-11-7-3-2-4-8-11/h5-6,9-11,15H,2-4,7-8H2,1H3. The number of hydrogen-bond donors (Lipinski definition) is 1. The fourth-order valence-corrected chi connectivity index (χ4v) is 2.28. The number of carbonyl (C=O) groups excluding carboxylic acids is 1. The minimum Gasteiger partial charge on any atom is -0.459 e. The molecule has 1 saturated carbocycles. The molecule has 1 aliphatic rings. The molecule has 0 saturated heterocycles. The van der Waals surface area contributed by atoms with Gasteiger partial charge in [0.2, 0.25) is 0 Å². The van der Waals surface area contributed by atoms with Crippen LogP contribution in [0, 0.1) is 0 Å². The SMILES string of the molecule is CNc1ccccc1C(=O)OC1CCCCC1. The Labute approximate surface area is 102 Å². The minimum absolute atomic E-state index is 0.112. The number of ether oxygens (including phenoxy) is 1. The maximum absolute atomic E-state index is 12.0. The molecular formula is C14H19NO2. The lowest BCUT2D eigenvalue weighted by atomic mass is 9.98. The van der Waals surface area contributed by atoms with Gasteiger partial charge in [-0.15, -0.1) is 0 Å². The largest absolute Gasteiger partial charge is 0.459 e. The Kier molecular flexibility index (Phi) is 4.02. The highest BCUT2D eigenvalue weighted by Crippen LogP contribution is 2.23. The van der Waals surface area contributed by atoms with E-state index in [0.717, 1.165) is 18.5 Å². The zero-order valence-corrected chi connectivity index (χ0v) is 10.2. The lowest BCUT2D eigenvalue weighted by Crippen LogP contribution is -2.21. The topological polar surface area (TPSA) is 38.3 Å². The first kappa shape index (κ1) is 12.0. The highest BCUT2D eigenvalue weighted by atomic mass is 16.5. The van der Waals surface area contributed by atoms with Gasteiger partial charge in [-0.2, -0.15) is 0 Å². The molecule has 1 N–H and O–H groups in total. The van der Waals surface area contributed by atoms with E-state index in [-0.39, 0.29) is 12.1 Å². The van der Waals surface area contributed by atoms with Crippen molar-refractivity contribution in [3.05, 3.63) is 29.8 Å². The number of carbonyl (C=O) groups is 1. The molecule has 17 heavy (non-hydrogen) atoms. The highest BCUT2D eigenvalue weighted by Gasteiger charge is 2.19. The molecule has 1 fully saturated rings. The molecule has 0 bridgehead atoms. The Morgan fingerprint density at radius 2 is 1.94 bits per heavy atom. The van der Waals surface area contributed by atoms with Crippen molar-refractivity contribution in [3.63, 3.8) is 0 Å². The van der Waals surface area contributed by atoms with Crippen LogP contribution in [0.15, 0.2) is 24.3 Å². The third-order valence-electron chi connectivity index (χ3n) is 3.24. The Bertz CT molecular complexity index is 384. The van der Waals surface area contributed by atoms with Crippen molar-refractivity contribution in [2.75, 3.05) is 12.4 Å². The average Bonchev–Trinajstić information content (AvgIpc) is 2.40. The molecular weight excluding hydrogens is 214 g/mol. The molecule has 0 atom stereocenters. The monoisotopic (exact) mass is 233 g/mol. The van der Waals surface area contributed by atoms with Gasteiger partial charge in [-0.1, -0.05) is 18.6 Å². The Balaban J connectivity index is 2.03. The summed E-state index contributed by atoms with van der Waals surface area (Å²) in [7, 11) is 1.81. The third kappa shape index (κ3) is 2.99. The molecule has 0 aromatic heterocycles. The van der Waals surface area contributed by atoms with Gasteiger partial charge < -0.3 is 10.1 Å². The molecule has 2 rings (SSSR count). The van der Waals surface area contributed by atoms with Crippen molar-refractivity contribution < 1.29 is 9.53 Å². The zero-order chi connectivity index (χ0) is 12.1. The summed E-state index contributed by atoms with van der Waals surface area (Å²) in [6.07, 6.45) is 5.74. The fraction of sp³-hybridized carbons (Fsp3) is 0.500. The number of benzene rings is 1. The molecule has 0 radical (unpaired) electrons. The molecule has 0 aliphatic heterocycles. The number of nitrogens with one attached hydrogen (secondary N) is 1. The first-order valence-electron chi connectivity index (χ1n) is 6.29. The van der Waals surface area contributed by atoms with Gasteiger partial charge in [0.1, 0.15) is 6.10 Å². The summed E-state index contributed by atoms with van der Waals surface area (Å²) in [5.41, 5.74) is 1.45. The lowest BCUT2D eigenvalue weighted by Gasteiger charge is -2.22. The van der Waals surface area contributed by atoms with Gasteiger partial charge in [-0.05, 0) is 37.8 Å². The van der Waals surface area contributed by atoms with E-state index in [0.29, 0.717) is 5.56 Å². The van der Waals surface area contributed by atoms with Crippen LogP contribution >= 0.6 is 0 Å². The molecule has 3 nitrogen and oxygen atoms in total. The first-order valence-corrected chi connectivity index (χ1v) is 6.29. The molecule has 1 aromatic carbocycles. The van der Waals surface area contributed by atoms with Crippen LogP contribution in [0.3, 0.4) is 0 Å². The van der Waals surface area contributed by atoms with Crippen LogP contribution in [0.25, 0.3) is 0 Å². The van der Waals surface area contributed by atoms with E-state index >= 15 is 0 Å². The van der Waals surface area contributed by atoms with Crippen LogP contribution in [-0.2, 0) is 4.74 Å². The number of anilines is 1. The molecule has 92 valence electrons. The number of hydrogen-bond acceptors (Lipinski definition) is 3. The Morgan fingerprint density at radius 1 is 1.24 bits per heavy atom. The molecule has 0 spiro atoms. The molecule has 3 heteroatoms. The van der Waals surface area contributed by atoms with Crippen LogP contribution in [-0.4, -0.2) is 19.1 Å². The summed E-state index contributed by atoms with van der Waals surface area (Å²) < 4.78 is 5.54. The summed E-state index contributed by atoms with van der Waals surface area (Å²) in [6.45, 7) is 0. The van der Waals surface area contributed by atoms with Gasteiger partial charge in [0, 0.05) is 12.7 Å². The smallest absolute Gasteiger partial charge is 0.340 e. The molecule has 0 unspecified atom stereocenters. The van der Waals surface area contributed by atoms with Gasteiger partial charge in [0.05, 0.1) is 5.56 Å². The second-order valence-electron chi connectivity index (χ2n) is 4.46. The van der Waals surface area contributed by atoms with E-state index in [9.17, 15) is 4.79 Å². The van der Waals surface area contributed by atoms with Crippen molar-refractivity contribution in [1.29, 1.82) is 0 Å². The van der Waals surface area contributed by atoms with Gasteiger partial charge in [0.25, 0.3) is 0 Å². The van der Waals surface area contributed by atoms with Crippen molar-refractivity contribution >= 4 is 11.7 Å². The quantitative estimate of drug-likeness (QED) is 0.815.